The molecule has 0 unspecified atom stereocenters. The maximum Gasteiger partial charge on any atom is 0.259 e. The van der Waals surface area contributed by atoms with Crippen LogP contribution in [-0.2, 0) is 0 Å². The van der Waals surface area contributed by atoms with Crippen molar-refractivity contribution in [2.75, 3.05) is 11.9 Å². The lowest BCUT2D eigenvalue weighted by Gasteiger charge is -2.11. The van der Waals surface area contributed by atoms with Gasteiger partial charge in [-0.15, -0.1) is 0 Å². The van der Waals surface area contributed by atoms with Crippen LogP contribution >= 0.6 is 0 Å². The van der Waals surface area contributed by atoms with E-state index in [0.29, 0.717) is 29.3 Å². The quantitative estimate of drug-likeness (QED) is 0.913. The molecule has 19 heavy (non-hydrogen) atoms. The molecule has 1 amide bonds. The van der Waals surface area contributed by atoms with E-state index in [1.165, 1.54) is 12.5 Å². The monoisotopic (exact) mass is 257 g/mol. The molecule has 0 aliphatic rings. The number of nitrogens with zero attached hydrogens (tertiary/aromatic N) is 2. The Morgan fingerprint density at radius 2 is 2.16 bits per heavy atom. The first-order valence-corrected chi connectivity index (χ1v) is 6.02. The van der Waals surface area contributed by atoms with E-state index in [9.17, 15) is 4.79 Å². The summed E-state index contributed by atoms with van der Waals surface area (Å²) in [6, 6.07) is 7.31. The highest BCUT2D eigenvalue weighted by molar-refractivity contribution is 6.05. The standard InChI is InChI=1S/C14H15N3O2/c1-3-19-13-7-5-4-6-12(13)17-14(18)11-8-15-9-16-10(11)2/h4-9H,3H2,1-2H3,(H,17,18). The lowest BCUT2D eigenvalue weighted by Crippen LogP contribution is -2.15. The first-order chi connectivity index (χ1) is 9.22. The predicted molar refractivity (Wildman–Crippen MR) is 72.3 cm³/mol. The molecule has 2 aromatic rings. The first-order valence-electron chi connectivity index (χ1n) is 6.02. The lowest BCUT2D eigenvalue weighted by molar-refractivity contribution is 0.102. The molecule has 1 aromatic carbocycles. The SMILES string of the molecule is CCOc1ccccc1NC(=O)c1cncnc1C. The van der Waals surface area contributed by atoms with Gasteiger partial charge in [-0.05, 0) is 26.0 Å². The van der Waals surface area contributed by atoms with Crippen LogP contribution in [-0.4, -0.2) is 22.5 Å². The molecule has 0 aliphatic carbocycles. The molecule has 0 aliphatic heterocycles. The Labute approximate surface area is 111 Å². The lowest BCUT2D eigenvalue weighted by atomic mass is 10.2. The van der Waals surface area contributed by atoms with E-state index in [1.54, 1.807) is 13.0 Å². The van der Waals surface area contributed by atoms with Crippen molar-refractivity contribution in [2.45, 2.75) is 13.8 Å². The smallest absolute Gasteiger partial charge is 0.259 e. The van der Waals surface area contributed by atoms with Crippen molar-refractivity contribution in [1.82, 2.24) is 9.97 Å². The molecule has 1 N–H and O–H groups in total. The Morgan fingerprint density at radius 3 is 2.89 bits per heavy atom. The number of para-hydroxylation sites is 2. The van der Waals surface area contributed by atoms with Gasteiger partial charge in [0.1, 0.15) is 12.1 Å². The minimum atomic E-state index is -0.245. The summed E-state index contributed by atoms with van der Waals surface area (Å²) in [5, 5.41) is 2.81. The van der Waals surface area contributed by atoms with E-state index < -0.39 is 0 Å². The highest BCUT2D eigenvalue weighted by atomic mass is 16.5. The van der Waals surface area contributed by atoms with Crippen molar-refractivity contribution >= 4 is 11.6 Å². The zero-order valence-electron chi connectivity index (χ0n) is 10.9. The fourth-order valence-electron chi connectivity index (χ4n) is 1.65. The fraction of sp³-hybridized carbons (Fsp3) is 0.214. The van der Waals surface area contributed by atoms with Gasteiger partial charge in [0.25, 0.3) is 5.91 Å². The molecular weight excluding hydrogens is 242 g/mol. The molecule has 0 spiro atoms. The number of nitrogens with one attached hydrogen (secondary N) is 1. The maximum atomic E-state index is 12.1. The van der Waals surface area contributed by atoms with E-state index >= 15 is 0 Å². The highest BCUT2D eigenvalue weighted by Gasteiger charge is 2.12. The van der Waals surface area contributed by atoms with E-state index in [0.717, 1.165) is 0 Å². The van der Waals surface area contributed by atoms with Crippen molar-refractivity contribution in [2.24, 2.45) is 0 Å². The zero-order valence-corrected chi connectivity index (χ0v) is 10.9. The highest BCUT2D eigenvalue weighted by Crippen LogP contribution is 2.24. The second-order valence-corrected chi connectivity index (χ2v) is 3.91. The number of hydrogen-bond donors (Lipinski definition) is 1. The Balaban J connectivity index is 2.22. The molecule has 1 aromatic heterocycles. The van der Waals surface area contributed by atoms with Crippen LogP contribution in [0, 0.1) is 6.92 Å². The third-order valence-corrected chi connectivity index (χ3v) is 2.59. The molecule has 98 valence electrons. The molecule has 0 atom stereocenters. The van der Waals surface area contributed by atoms with Crippen molar-refractivity contribution in [3.8, 4) is 5.75 Å². The molecule has 0 radical (unpaired) electrons. The van der Waals surface area contributed by atoms with Gasteiger partial charge in [-0.25, -0.2) is 9.97 Å². The molecule has 0 saturated heterocycles. The Hall–Kier alpha value is -2.43. The van der Waals surface area contributed by atoms with Gasteiger partial charge in [0.05, 0.1) is 23.6 Å². The average molecular weight is 257 g/mol. The number of ether oxygens (including phenoxy) is 1. The summed E-state index contributed by atoms with van der Waals surface area (Å²) in [7, 11) is 0. The van der Waals surface area contributed by atoms with Crippen molar-refractivity contribution in [3.05, 3.63) is 48.0 Å². The number of carbonyl (C=O) groups is 1. The Morgan fingerprint density at radius 1 is 1.37 bits per heavy atom. The molecule has 5 heteroatoms. The van der Waals surface area contributed by atoms with Gasteiger partial charge in [0, 0.05) is 6.20 Å². The summed E-state index contributed by atoms with van der Waals surface area (Å²) in [5.74, 6) is 0.401. The first kappa shape index (κ1) is 13.0. The van der Waals surface area contributed by atoms with Gasteiger partial charge < -0.3 is 10.1 Å². The number of benzene rings is 1. The summed E-state index contributed by atoms with van der Waals surface area (Å²) in [6.07, 6.45) is 2.92. The van der Waals surface area contributed by atoms with Crippen LogP contribution in [0.4, 0.5) is 5.69 Å². The minimum absolute atomic E-state index is 0.245. The van der Waals surface area contributed by atoms with Gasteiger partial charge in [-0.1, -0.05) is 12.1 Å². The van der Waals surface area contributed by atoms with E-state index in [1.807, 2.05) is 25.1 Å². The fourth-order valence-corrected chi connectivity index (χ4v) is 1.65. The number of anilines is 1. The van der Waals surface area contributed by atoms with Gasteiger partial charge in [0.2, 0.25) is 0 Å². The molecule has 2 rings (SSSR count). The molecule has 0 saturated carbocycles. The van der Waals surface area contributed by atoms with Crippen LogP contribution in [0.3, 0.4) is 0 Å². The summed E-state index contributed by atoms with van der Waals surface area (Å²) in [6.45, 7) is 4.21. The molecule has 5 nitrogen and oxygen atoms in total. The summed E-state index contributed by atoms with van der Waals surface area (Å²) >= 11 is 0. The zero-order chi connectivity index (χ0) is 13.7. The minimum Gasteiger partial charge on any atom is -0.492 e. The van der Waals surface area contributed by atoms with Gasteiger partial charge in [0.15, 0.2) is 0 Å². The topological polar surface area (TPSA) is 64.1 Å². The summed E-state index contributed by atoms with van der Waals surface area (Å²) < 4.78 is 5.46. The maximum absolute atomic E-state index is 12.1. The molecular formula is C14H15N3O2. The molecule has 1 heterocycles. The van der Waals surface area contributed by atoms with Crippen molar-refractivity contribution < 1.29 is 9.53 Å². The van der Waals surface area contributed by atoms with Crippen LogP contribution in [0.2, 0.25) is 0 Å². The van der Waals surface area contributed by atoms with Gasteiger partial charge in [-0.3, -0.25) is 4.79 Å². The van der Waals surface area contributed by atoms with Crippen LogP contribution in [0.5, 0.6) is 5.75 Å². The number of rotatable bonds is 4. The number of hydrogen-bond acceptors (Lipinski definition) is 4. The second-order valence-electron chi connectivity index (χ2n) is 3.91. The van der Waals surface area contributed by atoms with Gasteiger partial charge in [-0.2, -0.15) is 0 Å². The molecule has 0 bridgehead atoms. The van der Waals surface area contributed by atoms with Crippen LogP contribution in [0.25, 0.3) is 0 Å². The number of carbonyl (C=O) groups excluding carboxylic acids is 1. The third kappa shape index (κ3) is 3.07. The van der Waals surface area contributed by atoms with Crippen LogP contribution in [0.15, 0.2) is 36.8 Å². The summed E-state index contributed by atoms with van der Waals surface area (Å²) in [5.41, 5.74) is 1.73. The predicted octanol–water partition coefficient (Wildman–Crippen LogP) is 2.44. The Bertz CT molecular complexity index is 584. The van der Waals surface area contributed by atoms with E-state index in [4.69, 9.17) is 4.74 Å². The van der Waals surface area contributed by atoms with Crippen molar-refractivity contribution in [1.29, 1.82) is 0 Å². The summed E-state index contributed by atoms with van der Waals surface area (Å²) in [4.78, 5) is 20.0. The number of aromatic nitrogens is 2. The third-order valence-electron chi connectivity index (χ3n) is 2.59. The average Bonchev–Trinajstić information content (AvgIpc) is 2.41. The Kier molecular flexibility index (Phi) is 4.07. The van der Waals surface area contributed by atoms with Gasteiger partial charge >= 0.3 is 0 Å². The van der Waals surface area contributed by atoms with E-state index in [2.05, 4.69) is 15.3 Å². The van der Waals surface area contributed by atoms with E-state index in [-0.39, 0.29) is 5.91 Å². The van der Waals surface area contributed by atoms with Crippen LogP contribution < -0.4 is 10.1 Å². The number of aryl methyl sites for hydroxylation is 1. The van der Waals surface area contributed by atoms with Crippen LogP contribution in [0.1, 0.15) is 23.0 Å². The second kappa shape index (κ2) is 5.95. The van der Waals surface area contributed by atoms with Crippen molar-refractivity contribution in [3.63, 3.8) is 0 Å². The normalized spacial score (nSPS) is 10.0. The number of amides is 1. The molecule has 0 fully saturated rings. The largest absolute Gasteiger partial charge is 0.492 e.